The van der Waals surface area contributed by atoms with Gasteiger partial charge >= 0.3 is 5.97 Å². The van der Waals surface area contributed by atoms with E-state index in [4.69, 9.17) is 19.8 Å². The van der Waals surface area contributed by atoms with Gasteiger partial charge in [0.05, 0.1) is 7.11 Å². The van der Waals surface area contributed by atoms with Crippen LogP contribution >= 0.6 is 0 Å². The SMILES string of the molecule is COc1ccc(C(=O)O)c(OC(C)C#N)c1. The molecule has 16 heavy (non-hydrogen) atoms. The number of methoxy groups -OCH3 is 1. The fourth-order valence-corrected chi connectivity index (χ4v) is 1.12. The number of aromatic carboxylic acids is 1. The van der Waals surface area contributed by atoms with Crippen LogP contribution in [-0.4, -0.2) is 24.3 Å². The zero-order chi connectivity index (χ0) is 12.1. The molecule has 0 saturated heterocycles. The van der Waals surface area contributed by atoms with E-state index in [1.165, 1.54) is 32.2 Å². The molecular weight excluding hydrogens is 210 g/mol. The summed E-state index contributed by atoms with van der Waals surface area (Å²) >= 11 is 0. The van der Waals surface area contributed by atoms with E-state index in [9.17, 15) is 4.79 Å². The largest absolute Gasteiger partial charge is 0.497 e. The molecule has 1 N–H and O–H groups in total. The number of ether oxygens (including phenoxy) is 2. The van der Waals surface area contributed by atoms with E-state index >= 15 is 0 Å². The van der Waals surface area contributed by atoms with Crippen molar-refractivity contribution in [3.63, 3.8) is 0 Å². The minimum atomic E-state index is -1.11. The maximum atomic E-state index is 10.9. The quantitative estimate of drug-likeness (QED) is 0.836. The highest BCUT2D eigenvalue weighted by molar-refractivity contribution is 5.91. The number of hydrogen-bond donors (Lipinski definition) is 1. The van der Waals surface area contributed by atoms with Gasteiger partial charge in [-0.15, -0.1) is 0 Å². The van der Waals surface area contributed by atoms with E-state index in [1.54, 1.807) is 0 Å². The number of carbonyl (C=O) groups is 1. The molecule has 0 amide bonds. The van der Waals surface area contributed by atoms with E-state index in [-0.39, 0.29) is 11.3 Å². The van der Waals surface area contributed by atoms with E-state index in [0.717, 1.165) is 0 Å². The van der Waals surface area contributed by atoms with Crippen molar-refractivity contribution in [1.29, 1.82) is 5.26 Å². The fourth-order valence-electron chi connectivity index (χ4n) is 1.12. The van der Waals surface area contributed by atoms with Crippen molar-refractivity contribution in [3.05, 3.63) is 23.8 Å². The highest BCUT2D eigenvalue weighted by Crippen LogP contribution is 2.25. The van der Waals surface area contributed by atoms with E-state index in [0.29, 0.717) is 5.75 Å². The van der Waals surface area contributed by atoms with Crippen LogP contribution in [0.1, 0.15) is 17.3 Å². The molecule has 0 bridgehead atoms. The second-order valence-corrected chi connectivity index (χ2v) is 3.06. The molecule has 1 aromatic carbocycles. The Morgan fingerprint density at radius 1 is 1.56 bits per heavy atom. The lowest BCUT2D eigenvalue weighted by Gasteiger charge is -2.11. The van der Waals surface area contributed by atoms with E-state index in [2.05, 4.69) is 0 Å². The molecule has 1 rings (SSSR count). The monoisotopic (exact) mass is 221 g/mol. The molecule has 1 unspecified atom stereocenters. The summed E-state index contributed by atoms with van der Waals surface area (Å²) in [5, 5.41) is 17.5. The summed E-state index contributed by atoms with van der Waals surface area (Å²) in [6, 6.07) is 6.20. The molecule has 0 aromatic heterocycles. The van der Waals surface area contributed by atoms with Crippen LogP contribution in [0.5, 0.6) is 11.5 Å². The van der Waals surface area contributed by atoms with Gasteiger partial charge in [0.2, 0.25) is 0 Å². The van der Waals surface area contributed by atoms with Crippen molar-refractivity contribution in [2.45, 2.75) is 13.0 Å². The van der Waals surface area contributed by atoms with Crippen molar-refractivity contribution >= 4 is 5.97 Å². The summed E-state index contributed by atoms with van der Waals surface area (Å²) in [6.45, 7) is 1.53. The highest BCUT2D eigenvalue weighted by Gasteiger charge is 2.14. The summed E-state index contributed by atoms with van der Waals surface area (Å²) in [5.41, 5.74) is 0.00269. The Morgan fingerprint density at radius 3 is 2.75 bits per heavy atom. The summed E-state index contributed by atoms with van der Waals surface area (Å²) in [5.74, 6) is -0.506. The van der Waals surface area contributed by atoms with Gasteiger partial charge in [0.15, 0.2) is 6.10 Å². The Balaban J connectivity index is 3.11. The molecule has 0 aliphatic heterocycles. The molecule has 0 heterocycles. The van der Waals surface area contributed by atoms with Crippen LogP contribution in [-0.2, 0) is 0 Å². The van der Waals surface area contributed by atoms with Crippen LogP contribution in [0.15, 0.2) is 18.2 Å². The molecule has 0 aliphatic rings. The topological polar surface area (TPSA) is 79.6 Å². The molecule has 84 valence electrons. The third kappa shape index (κ3) is 2.64. The second kappa shape index (κ2) is 5.03. The first-order valence-corrected chi connectivity index (χ1v) is 4.56. The summed E-state index contributed by atoms with van der Waals surface area (Å²) in [6.07, 6.45) is -0.717. The molecule has 0 fully saturated rings. The minimum absolute atomic E-state index is 0.00269. The molecule has 0 spiro atoms. The summed E-state index contributed by atoms with van der Waals surface area (Å²) < 4.78 is 10.1. The van der Waals surface area contributed by atoms with Gasteiger partial charge in [-0.3, -0.25) is 0 Å². The van der Waals surface area contributed by atoms with Gasteiger partial charge in [-0.05, 0) is 19.1 Å². The Hall–Kier alpha value is -2.22. The average molecular weight is 221 g/mol. The maximum absolute atomic E-state index is 10.9. The van der Waals surface area contributed by atoms with Crippen LogP contribution in [0.25, 0.3) is 0 Å². The van der Waals surface area contributed by atoms with Crippen LogP contribution in [0.3, 0.4) is 0 Å². The second-order valence-electron chi connectivity index (χ2n) is 3.06. The zero-order valence-electron chi connectivity index (χ0n) is 8.93. The third-order valence-corrected chi connectivity index (χ3v) is 1.90. The molecule has 5 heteroatoms. The number of hydrogen-bond acceptors (Lipinski definition) is 4. The number of rotatable bonds is 4. The number of nitrogens with zero attached hydrogens (tertiary/aromatic N) is 1. The Bertz CT molecular complexity index is 436. The fraction of sp³-hybridized carbons (Fsp3) is 0.273. The standard InChI is InChI=1S/C11H11NO4/c1-7(6-12)16-10-5-8(15-2)3-4-9(10)11(13)14/h3-5,7H,1-2H3,(H,13,14). The third-order valence-electron chi connectivity index (χ3n) is 1.90. The first kappa shape index (κ1) is 11.9. The Morgan fingerprint density at radius 2 is 2.25 bits per heavy atom. The van der Waals surface area contributed by atoms with Gasteiger partial charge in [-0.1, -0.05) is 0 Å². The van der Waals surface area contributed by atoms with Crippen molar-refractivity contribution in [2.24, 2.45) is 0 Å². The lowest BCUT2D eigenvalue weighted by Crippen LogP contribution is -2.11. The van der Waals surface area contributed by atoms with Crippen molar-refractivity contribution in [3.8, 4) is 17.6 Å². The minimum Gasteiger partial charge on any atom is -0.497 e. The van der Waals surface area contributed by atoms with Crippen molar-refractivity contribution in [2.75, 3.05) is 7.11 Å². The number of carboxylic acids is 1. The number of nitriles is 1. The average Bonchev–Trinajstić information content (AvgIpc) is 2.28. The lowest BCUT2D eigenvalue weighted by molar-refractivity contribution is 0.0691. The molecule has 5 nitrogen and oxygen atoms in total. The molecule has 1 aromatic rings. The Labute approximate surface area is 92.8 Å². The smallest absolute Gasteiger partial charge is 0.339 e. The van der Waals surface area contributed by atoms with Crippen LogP contribution in [0.4, 0.5) is 0 Å². The van der Waals surface area contributed by atoms with Gasteiger partial charge in [0, 0.05) is 6.07 Å². The highest BCUT2D eigenvalue weighted by atomic mass is 16.5. The molecule has 0 saturated carbocycles. The Kier molecular flexibility index (Phi) is 3.72. The van der Waals surface area contributed by atoms with Gasteiger partial charge in [0.1, 0.15) is 23.1 Å². The van der Waals surface area contributed by atoms with E-state index in [1.807, 2.05) is 6.07 Å². The van der Waals surface area contributed by atoms with E-state index < -0.39 is 12.1 Å². The van der Waals surface area contributed by atoms with Gasteiger partial charge in [0.25, 0.3) is 0 Å². The predicted molar refractivity (Wildman–Crippen MR) is 55.7 cm³/mol. The van der Waals surface area contributed by atoms with Crippen LogP contribution in [0.2, 0.25) is 0 Å². The maximum Gasteiger partial charge on any atom is 0.339 e. The van der Waals surface area contributed by atoms with Crippen LogP contribution < -0.4 is 9.47 Å². The normalized spacial score (nSPS) is 11.3. The molecule has 0 aliphatic carbocycles. The summed E-state index contributed by atoms with van der Waals surface area (Å²) in [7, 11) is 1.47. The first-order chi connectivity index (χ1) is 7.58. The molecular formula is C11H11NO4. The number of benzene rings is 1. The lowest BCUT2D eigenvalue weighted by atomic mass is 10.2. The predicted octanol–water partition coefficient (Wildman–Crippen LogP) is 1.68. The van der Waals surface area contributed by atoms with Crippen molar-refractivity contribution < 1.29 is 19.4 Å². The summed E-state index contributed by atoms with van der Waals surface area (Å²) in [4.78, 5) is 10.9. The van der Waals surface area contributed by atoms with Crippen molar-refractivity contribution in [1.82, 2.24) is 0 Å². The van der Waals surface area contributed by atoms with Gasteiger partial charge in [-0.2, -0.15) is 5.26 Å². The number of carboxylic acid groups (broad SMARTS) is 1. The van der Waals surface area contributed by atoms with Crippen LogP contribution in [0, 0.1) is 11.3 Å². The molecule has 0 radical (unpaired) electrons. The zero-order valence-corrected chi connectivity index (χ0v) is 8.93. The first-order valence-electron chi connectivity index (χ1n) is 4.56. The van der Waals surface area contributed by atoms with Gasteiger partial charge in [-0.25, -0.2) is 4.79 Å². The molecule has 1 atom stereocenters. The van der Waals surface area contributed by atoms with Gasteiger partial charge < -0.3 is 14.6 Å².